The van der Waals surface area contributed by atoms with Gasteiger partial charge in [0.2, 0.25) is 0 Å². The first-order valence-corrected chi connectivity index (χ1v) is 12.7. The van der Waals surface area contributed by atoms with Gasteiger partial charge in [-0.25, -0.2) is 8.78 Å². The van der Waals surface area contributed by atoms with Crippen molar-refractivity contribution >= 4 is 45.2 Å². The van der Waals surface area contributed by atoms with Crippen molar-refractivity contribution in [2.24, 2.45) is 0 Å². The third-order valence-corrected chi connectivity index (χ3v) is 7.96. The topological polar surface area (TPSA) is 9.23 Å². The molecule has 0 amide bonds. The zero-order valence-electron chi connectivity index (χ0n) is 18.3. The average Bonchev–Trinajstić information content (AvgIpc) is 2.78. The Morgan fingerprint density at radius 2 is 1.03 bits per heavy atom. The van der Waals surface area contributed by atoms with Gasteiger partial charge in [-0.3, -0.25) is 0 Å². The number of aryl methyl sites for hydroxylation is 2. The molecule has 4 aromatic rings. The summed E-state index contributed by atoms with van der Waals surface area (Å²) >= 11 is 4.54. The summed E-state index contributed by atoms with van der Waals surface area (Å²) in [6.45, 7) is 4.54. The minimum atomic E-state index is -0.278. The van der Waals surface area contributed by atoms with Crippen molar-refractivity contribution in [1.82, 2.24) is 0 Å². The molecule has 0 aromatic heterocycles. The minimum absolute atomic E-state index is 0.253. The van der Waals surface area contributed by atoms with Gasteiger partial charge in [0.15, 0.2) is 0 Å². The van der Waals surface area contributed by atoms with Gasteiger partial charge in [-0.15, -0.1) is 0 Å². The third kappa shape index (κ3) is 5.81. The second kappa shape index (κ2) is 10.6. The molecule has 0 saturated carbocycles. The maximum Gasteiger partial charge on any atom is 0.131 e. The molecule has 0 bridgehead atoms. The number of benzene rings is 4. The second-order valence-corrected chi connectivity index (χ2v) is 10.4. The molecule has 33 heavy (non-hydrogen) atoms. The van der Waals surface area contributed by atoms with Gasteiger partial charge in [-0.05, 0) is 117 Å². The molecule has 4 aromatic carbocycles. The van der Waals surface area contributed by atoms with Gasteiger partial charge < -0.3 is 4.74 Å². The van der Waals surface area contributed by atoms with E-state index in [0.29, 0.717) is 11.1 Å². The quantitative estimate of drug-likeness (QED) is 0.187. The summed E-state index contributed by atoms with van der Waals surface area (Å²) in [4.78, 5) is 0. The highest BCUT2D eigenvalue weighted by molar-refractivity contribution is 14.1. The van der Waals surface area contributed by atoms with E-state index in [9.17, 15) is 8.78 Å². The van der Waals surface area contributed by atoms with E-state index in [1.165, 1.54) is 12.1 Å². The number of ether oxygens (including phenoxy) is 1. The maximum atomic E-state index is 14.7. The van der Waals surface area contributed by atoms with Crippen LogP contribution in [0.15, 0.2) is 72.8 Å². The predicted molar refractivity (Wildman–Crippen MR) is 147 cm³/mol. The van der Waals surface area contributed by atoms with Crippen LogP contribution < -0.4 is 0 Å². The molecule has 0 heterocycles. The highest BCUT2D eigenvalue weighted by Gasteiger charge is 2.10. The summed E-state index contributed by atoms with van der Waals surface area (Å²) in [6.07, 6.45) is 0. The number of halogens is 4. The molecule has 0 spiro atoms. The minimum Gasteiger partial charge on any atom is -0.372 e. The fourth-order valence-electron chi connectivity index (χ4n) is 3.68. The standard InChI is InChI=1S/C28H22F2I2O/c1-17-11-21(5-9-27(17)31)23-7-3-19(13-25(23)29)15-33-16-20-4-8-24(26(30)14-20)22-6-10-28(32)18(2)12-22/h3-14H,15-16H2,1-2H3. The van der Waals surface area contributed by atoms with Crippen molar-refractivity contribution in [3.05, 3.63) is 114 Å². The molecule has 0 N–H and O–H groups in total. The Morgan fingerprint density at radius 1 is 0.606 bits per heavy atom. The van der Waals surface area contributed by atoms with Gasteiger partial charge in [0.05, 0.1) is 13.2 Å². The fourth-order valence-corrected chi connectivity index (χ4v) is 4.35. The first kappa shape index (κ1) is 24.3. The van der Waals surface area contributed by atoms with Crippen LogP contribution in [0, 0.1) is 32.6 Å². The molecule has 168 valence electrons. The SMILES string of the molecule is Cc1cc(-c2ccc(COCc3ccc(-c4ccc(I)c(C)c4)c(F)c3)cc2F)ccc1I. The second-order valence-electron chi connectivity index (χ2n) is 8.05. The van der Waals surface area contributed by atoms with E-state index in [4.69, 9.17) is 4.74 Å². The first-order valence-electron chi connectivity index (χ1n) is 10.5. The lowest BCUT2D eigenvalue weighted by Gasteiger charge is -2.10. The Hall–Kier alpha value is -1.84. The average molecular weight is 666 g/mol. The summed E-state index contributed by atoms with van der Waals surface area (Å²) < 4.78 is 37.5. The Labute approximate surface area is 220 Å². The van der Waals surface area contributed by atoms with Crippen molar-refractivity contribution in [2.75, 3.05) is 0 Å². The van der Waals surface area contributed by atoms with Gasteiger partial charge in [0.25, 0.3) is 0 Å². The maximum absolute atomic E-state index is 14.7. The van der Waals surface area contributed by atoms with Gasteiger partial charge in [-0.1, -0.05) is 48.5 Å². The van der Waals surface area contributed by atoms with Crippen molar-refractivity contribution < 1.29 is 13.5 Å². The Kier molecular flexibility index (Phi) is 7.81. The summed E-state index contributed by atoms with van der Waals surface area (Å²) in [7, 11) is 0. The zero-order chi connectivity index (χ0) is 23.5. The highest BCUT2D eigenvalue weighted by Crippen LogP contribution is 2.28. The van der Waals surface area contributed by atoms with Gasteiger partial charge in [0, 0.05) is 18.3 Å². The van der Waals surface area contributed by atoms with E-state index in [1.54, 1.807) is 12.1 Å². The molecule has 0 fully saturated rings. The lowest BCUT2D eigenvalue weighted by Crippen LogP contribution is -1.97. The Morgan fingerprint density at radius 3 is 1.39 bits per heavy atom. The number of hydrogen-bond acceptors (Lipinski definition) is 1. The lowest BCUT2D eigenvalue weighted by molar-refractivity contribution is 0.107. The van der Waals surface area contributed by atoms with Crippen LogP contribution in [0.5, 0.6) is 0 Å². The van der Waals surface area contributed by atoms with Crippen molar-refractivity contribution in [3.8, 4) is 22.3 Å². The van der Waals surface area contributed by atoms with Gasteiger partial charge in [-0.2, -0.15) is 0 Å². The molecule has 0 aliphatic heterocycles. The van der Waals surface area contributed by atoms with Crippen LogP contribution in [0.2, 0.25) is 0 Å². The zero-order valence-corrected chi connectivity index (χ0v) is 22.6. The van der Waals surface area contributed by atoms with Crippen LogP contribution in [0.25, 0.3) is 22.3 Å². The molecule has 0 atom stereocenters. The molecule has 0 aliphatic carbocycles. The molecule has 1 nitrogen and oxygen atoms in total. The van der Waals surface area contributed by atoms with Gasteiger partial charge >= 0.3 is 0 Å². The predicted octanol–water partition coefficient (Wildman–Crippen LogP) is 8.84. The van der Waals surface area contributed by atoms with Crippen LogP contribution >= 0.6 is 45.2 Å². The Balaban J connectivity index is 1.41. The molecule has 0 radical (unpaired) electrons. The molecule has 0 aliphatic rings. The van der Waals surface area contributed by atoms with E-state index in [2.05, 4.69) is 45.2 Å². The van der Waals surface area contributed by atoms with Crippen molar-refractivity contribution in [2.45, 2.75) is 27.1 Å². The molecular formula is C28H22F2I2O. The van der Waals surface area contributed by atoms with E-state index < -0.39 is 0 Å². The summed E-state index contributed by atoms with van der Waals surface area (Å²) in [5.74, 6) is -0.556. The molecular weight excluding hydrogens is 644 g/mol. The summed E-state index contributed by atoms with van der Waals surface area (Å²) in [5.41, 5.74) is 6.58. The van der Waals surface area contributed by atoms with Crippen molar-refractivity contribution in [1.29, 1.82) is 0 Å². The largest absolute Gasteiger partial charge is 0.372 e. The van der Waals surface area contributed by atoms with Gasteiger partial charge in [0.1, 0.15) is 11.6 Å². The van der Waals surface area contributed by atoms with Crippen LogP contribution in [-0.4, -0.2) is 0 Å². The summed E-state index contributed by atoms with van der Waals surface area (Å²) in [5, 5.41) is 0. The third-order valence-electron chi connectivity index (χ3n) is 5.54. The number of rotatable bonds is 6. The van der Waals surface area contributed by atoms with E-state index in [0.717, 1.165) is 40.5 Å². The lowest BCUT2D eigenvalue weighted by atomic mass is 10.0. The van der Waals surface area contributed by atoms with Crippen molar-refractivity contribution in [3.63, 3.8) is 0 Å². The monoisotopic (exact) mass is 666 g/mol. The smallest absolute Gasteiger partial charge is 0.131 e. The van der Waals surface area contributed by atoms with Crippen LogP contribution in [0.4, 0.5) is 8.78 Å². The first-order chi connectivity index (χ1) is 15.8. The summed E-state index contributed by atoms with van der Waals surface area (Å²) in [6, 6.07) is 22.1. The molecule has 5 heteroatoms. The highest BCUT2D eigenvalue weighted by atomic mass is 127. The van der Waals surface area contributed by atoms with Crippen LogP contribution in [-0.2, 0) is 18.0 Å². The molecule has 0 unspecified atom stereocenters. The fraction of sp³-hybridized carbons (Fsp3) is 0.143. The normalized spacial score (nSPS) is 11.1. The van der Waals surface area contributed by atoms with E-state index in [1.807, 2.05) is 62.4 Å². The number of hydrogen-bond donors (Lipinski definition) is 0. The Bertz CT molecular complexity index is 1220. The van der Waals surface area contributed by atoms with Crippen LogP contribution in [0.3, 0.4) is 0 Å². The molecule has 4 rings (SSSR count). The van der Waals surface area contributed by atoms with E-state index >= 15 is 0 Å². The van der Waals surface area contributed by atoms with Crippen LogP contribution in [0.1, 0.15) is 22.3 Å². The van der Waals surface area contributed by atoms with E-state index in [-0.39, 0.29) is 24.8 Å². The molecule has 0 saturated heterocycles.